The molecule has 114 valence electrons. The molecule has 3 aromatic rings. The maximum atomic E-state index is 12.5. The van der Waals surface area contributed by atoms with Crippen LogP contribution in [0.3, 0.4) is 0 Å². The number of nitrogens with one attached hydrogen (secondary N) is 2. The summed E-state index contributed by atoms with van der Waals surface area (Å²) in [5.41, 5.74) is 0.820. The summed E-state index contributed by atoms with van der Waals surface area (Å²) >= 11 is 0. The number of aromatic amines is 1. The number of anilines is 1. The van der Waals surface area contributed by atoms with Gasteiger partial charge in [-0.2, -0.15) is 0 Å². The number of hydrogen-bond acceptors (Lipinski definition) is 3. The molecule has 0 fully saturated rings. The maximum absolute atomic E-state index is 12.5. The Morgan fingerprint density at radius 2 is 1.78 bits per heavy atom. The van der Waals surface area contributed by atoms with Gasteiger partial charge in [-0.1, -0.05) is 24.3 Å². The van der Waals surface area contributed by atoms with Gasteiger partial charge in [-0.15, -0.1) is 0 Å². The molecule has 0 bridgehead atoms. The summed E-state index contributed by atoms with van der Waals surface area (Å²) in [4.78, 5) is 37.8. The molecule has 0 spiro atoms. The zero-order valence-corrected chi connectivity index (χ0v) is 11.9. The Hall–Kier alpha value is -3.41. The summed E-state index contributed by atoms with van der Waals surface area (Å²) < 4.78 is 0. The summed E-state index contributed by atoms with van der Waals surface area (Å²) in [6.07, 6.45) is 0. The van der Waals surface area contributed by atoms with Gasteiger partial charge in [0.1, 0.15) is 0 Å². The number of carbonyl (C=O) groups is 2. The van der Waals surface area contributed by atoms with Crippen molar-refractivity contribution in [2.45, 2.75) is 0 Å². The van der Waals surface area contributed by atoms with E-state index in [0.717, 1.165) is 0 Å². The standard InChI is InChI=1S/C17H12N2O4/c20-15-9-13(12-6-1-2-7-14(12)19-15)16(21)18-11-5-3-4-10(8-11)17(22)23/h1-9H,(H,18,21)(H,19,20)(H,22,23). The van der Waals surface area contributed by atoms with Crippen molar-refractivity contribution in [1.29, 1.82) is 0 Å². The number of carboxylic acids is 1. The molecule has 23 heavy (non-hydrogen) atoms. The zero-order chi connectivity index (χ0) is 16.4. The zero-order valence-electron chi connectivity index (χ0n) is 11.9. The average Bonchev–Trinajstić information content (AvgIpc) is 2.54. The summed E-state index contributed by atoms with van der Waals surface area (Å²) in [6, 6.07) is 14.1. The lowest BCUT2D eigenvalue weighted by Gasteiger charge is -2.08. The van der Waals surface area contributed by atoms with Crippen LogP contribution in [0.4, 0.5) is 5.69 Å². The van der Waals surface area contributed by atoms with Crippen LogP contribution in [0.15, 0.2) is 59.4 Å². The minimum absolute atomic E-state index is 0.0681. The smallest absolute Gasteiger partial charge is 0.335 e. The van der Waals surface area contributed by atoms with Crippen LogP contribution < -0.4 is 10.9 Å². The number of H-pyrrole nitrogens is 1. The van der Waals surface area contributed by atoms with Crippen molar-refractivity contribution in [2.75, 3.05) is 5.32 Å². The highest BCUT2D eigenvalue weighted by Crippen LogP contribution is 2.17. The van der Waals surface area contributed by atoms with Crippen LogP contribution in [-0.2, 0) is 0 Å². The molecular formula is C17H12N2O4. The predicted molar refractivity (Wildman–Crippen MR) is 85.9 cm³/mol. The van der Waals surface area contributed by atoms with Crippen LogP contribution >= 0.6 is 0 Å². The third kappa shape index (κ3) is 2.96. The molecular weight excluding hydrogens is 296 g/mol. The van der Waals surface area contributed by atoms with Gasteiger partial charge in [0.25, 0.3) is 5.91 Å². The number of carbonyl (C=O) groups excluding carboxylic acids is 1. The molecule has 3 N–H and O–H groups in total. The maximum Gasteiger partial charge on any atom is 0.335 e. The number of aromatic nitrogens is 1. The van der Waals surface area contributed by atoms with Gasteiger partial charge < -0.3 is 15.4 Å². The molecule has 1 heterocycles. The fourth-order valence-electron chi connectivity index (χ4n) is 2.32. The quantitative estimate of drug-likeness (QED) is 0.692. The molecule has 0 radical (unpaired) electrons. The summed E-state index contributed by atoms with van der Waals surface area (Å²) in [5.74, 6) is -1.56. The molecule has 0 aliphatic heterocycles. The molecule has 0 saturated carbocycles. The van der Waals surface area contributed by atoms with Crippen LogP contribution in [0.5, 0.6) is 0 Å². The normalized spacial score (nSPS) is 10.4. The first-order valence-electron chi connectivity index (χ1n) is 6.81. The first-order valence-corrected chi connectivity index (χ1v) is 6.81. The highest BCUT2D eigenvalue weighted by Gasteiger charge is 2.12. The van der Waals surface area contributed by atoms with Gasteiger partial charge in [-0.05, 0) is 24.3 Å². The molecule has 0 atom stereocenters. The van der Waals surface area contributed by atoms with Gasteiger partial charge in [0.2, 0.25) is 5.56 Å². The minimum Gasteiger partial charge on any atom is -0.478 e. The lowest BCUT2D eigenvalue weighted by molar-refractivity contribution is 0.0696. The number of amides is 1. The Morgan fingerprint density at radius 3 is 2.57 bits per heavy atom. The number of fused-ring (bicyclic) bond motifs is 1. The fourth-order valence-corrected chi connectivity index (χ4v) is 2.32. The molecule has 2 aromatic carbocycles. The van der Waals surface area contributed by atoms with Crippen molar-refractivity contribution in [3.63, 3.8) is 0 Å². The Kier molecular flexibility index (Phi) is 3.64. The van der Waals surface area contributed by atoms with Crippen molar-refractivity contribution < 1.29 is 14.7 Å². The van der Waals surface area contributed by atoms with Crippen LogP contribution in [0.1, 0.15) is 20.7 Å². The van der Waals surface area contributed by atoms with E-state index in [4.69, 9.17) is 5.11 Å². The van der Waals surface area contributed by atoms with Crippen LogP contribution in [-0.4, -0.2) is 22.0 Å². The third-order valence-corrected chi connectivity index (χ3v) is 3.36. The number of benzene rings is 2. The van der Waals surface area contributed by atoms with Crippen molar-refractivity contribution in [3.8, 4) is 0 Å². The van der Waals surface area contributed by atoms with Crippen molar-refractivity contribution in [1.82, 2.24) is 4.98 Å². The number of rotatable bonds is 3. The monoisotopic (exact) mass is 308 g/mol. The highest BCUT2D eigenvalue weighted by atomic mass is 16.4. The van der Waals surface area contributed by atoms with Gasteiger partial charge in [-0.25, -0.2) is 4.79 Å². The molecule has 1 aromatic heterocycles. The molecule has 0 aliphatic rings. The van der Waals surface area contributed by atoms with Gasteiger partial charge in [0, 0.05) is 22.7 Å². The Bertz CT molecular complexity index is 975. The second-order valence-corrected chi connectivity index (χ2v) is 4.93. The number of hydrogen-bond donors (Lipinski definition) is 3. The first kappa shape index (κ1) is 14.5. The van der Waals surface area contributed by atoms with Crippen LogP contribution in [0.2, 0.25) is 0 Å². The van der Waals surface area contributed by atoms with Crippen LogP contribution in [0.25, 0.3) is 10.9 Å². The van der Waals surface area contributed by atoms with E-state index in [1.165, 1.54) is 24.3 Å². The van der Waals surface area contributed by atoms with E-state index in [1.54, 1.807) is 30.3 Å². The SMILES string of the molecule is O=C(O)c1cccc(NC(=O)c2cc(=O)[nH]c3ccccc23)c1. The number of carboxylic acid groups (broad SMARTS) is 1. The average molecular weight is 308 g/mol. The van der Waals surface area contributed by atoms with E-state index in [0.29, 0.717) is 16.6 Å². The minimum atomic E-state index is -1.08. The molecule has 1 amide bonds. The molecule has 0 saturated heterocycles. The number of para-hydroxylation sites is 1. The van der Waals surface area contributed by atoms with Gasteiger partial charge in [0.15, 0.2) is 0 Å². The molecule has 0 aliphatic carbocycles. The summed E-state index contributed by atoms with van der Waals surface area (Å²) in [5, 5.41) is 12.2. The lowest BCUT2D eigenvalue weighted by Crippen LogP contribution is -2.17. The van der Waals surface area contributed by atoms with E-state index >= 15 is 0 Å². The van der Waals surface area contributed by atoms with Crippen molar-refractivity contribution in [2.24, 2.45) is 0 Å². The van der Waals surface area contributed by atoms with Gasteiger partial charge in [0.05, 0.1) is 11.1 Å². The largest absolute Gasteiger partial charge is 0.478 e. The van der Waals surface area contributed by atoms with E-state index in [9.17, 15) is 14.4 Å². The van der Waals surface area contributed by atoms with Crippen molar-refractivity contribution >= 4 is 28.5 Å². The summed E-state index contributed by atoms with van der Waals surface area (Å²) in [6.45, 7) is 0. The topological polar surface area (TPSA) is 99.3 Å². The second-order valence-electron chi connectivity index (χ2n) is 4.93. The van der Waals surface area contributed by atoms with E-state index in [-0.39, 0.29) is 16.7 Å². The number of aromatic carboxylic acids is 1. The van der Waals surface area contributed by atoms with Gasteiger partial charge in [-0.3, -0.25) is 9.59 Å². The fraction of sp³-hybridized carbons (Fsp3) is 0. The van der Waals surface area contributed by atoms with Gasteiger partial charge >= 0.3 is 5.97 Å². The molecule has 3 rings (SSSR count). The Balaban J connectivity index is 2.00. The molecule has 6 nitrogen and oxygen atoms in total. The lowest BCUT2D eigenvalue weighted by atomic mass is 10.1. The van der Waals surface area contributed by atoms with Crippen molar-refractivity contribution in [3.05, 3.63) is 76.1 Å². The number of pyridine rings is 1. The second kappa shape index (κ2) is 5.76. The summed E-state index contributed by atoms with van der Waals surface area (Å²) in [7, 11) is 0. The predicted octanol–water partition coefficient (Wildman–Crippen LogP) is 2.48. The Labute approximate surface area is 130 Å². The Morgan fingerprint density at radius 1 is 1.00 bits per heavy atom. The highest BCUT2D eigenvalue weighted by molar-refractivity contribution is 6.12. The molecule has 0 unspecified atom stereocenters. The molecule has 6 heteroatoms. The van der Waals surface area contributed by atoms with E-state index in [1.807, 2.05) is 0 Å². The van der Waals surface area contributed by atoms with Crippen LogP contribution in [0, 0.1) is 0 Å². The third-order valence-electron chi connectivity index (χ3n) is 3.36. The first-order chi connectivity index (χ1) is 11.0. The van der Waals surface area contributed by atoms with E-state index in [2.05, 4.69) is 10.3 Å². The van der Waals surface area contributed by atoms with E-state index < -0.39 is 11.9 Å².